The zero-order valence-electron chi connectivity index (χ0n) is 9.89. The second-order valence-electron chi connectivity index (χ2n) is 4.13. The van der Waals surface area contributed by atoms with E-state index in [1.165, 1.54) is 6.20 Å². The highest BCUT2D eigenvalue weighted by atomic mass is 79.9. The van der Waals surface area contributed by atoms with Gasteiger partial charge in [0, 0.05) is 16.2 Å². The van der Waals surface area contributed by atoms with Crippen LogP contribution in [0.25, 0.3) is 16.8 Å². The van der Waals surface area contributed by atoms with E-state index >= 15 is 0 Å². The summed E-state index contributed by atoms with van der Waals surface area (Å²) in [5.74, 6) is 0. The number of alkyl halides is 3. The van der Waals surface area contributed by atoms with Gasteiger partial charge in [0.15, 0.2) is 5.65 Å². The molecule has 7 heteroatoms. The Kier molecular flexibility index (Phi) is 3.01. The second kappa shape index (κ2) is 4.59. The van der Waals surface area contributed by atoms with Crippen molar-refractivity contribution in [3.8, 4) is 11.1 Å². The fourth-order valence-corrected chi connectivity index (χ4v) is 2.20. The molecule has 3 aromatic rings. The average molecular weight is 342 g/mol. The summed E-state index contributed by atoms with van der Waals surface area (Å²) in [7, 11) is 0. The second-order valence-corrected chi connectivity index (χ2v) is 5.04. The third-order valence-electron chi connectivity index (χ3n) is 2.85. The van der Waals surface area contributed by atoms with Crippen molar-refractivity contribution in [2.45, 2.75) is 6.18 Å². The van der Waals surface area contributed by atoms with Crippen molar-refractivity contribution in [3.05, 3.63) is 52.9 Å². The average Bonchev–Trinajstić information content (AvgIpc) is 2.82. The summed E-state index contributed by atoms with van der Waals surface area (Å²) < 4.78 is 40.4. The Morgan fingerprint density at radius 1 is 1.05 bits per heavy atom. The maximum Gasteiger partial charge on any atom is 0.433 e. The Balaban J connectivity index is 2.22. The van der Waals surface area contributed by atoms with Crippen molar-refractivity contribution in [3.63, 3.8) is 0 Å². The van der Waals surface area contributed by atoms with Crippen molar-refractivity contribution >= 4 is 21.6 Å². The molecule has 0 aliphatic heterocycles. The summed E-state index contributed by atoms with van der Waals surface area (Å²) in [4.78, 5) is 4.00. The number of halogens is 4. The van der Waals surface area contributed by atoms with Crippen LogP contribution in [0.1, 0.15) is 5.69 Å². The third kappa shape index (κ3) is 2.18. The first kappa shape index (κ1) is 13.1. The summed E-state index contributed by atoms with van der Waals surface area (Å²) in [6.07, 6.45) is -1.94. The zero-order chi connectivity index (χ0) is 14.3. The van der Waals surface area contributed by atoms with Gasteiger partial charge < -0.3 is 0 Å². The number of rotatable bonds is 1. The summed E-state index contributed by atoms with van der Waals surface area (Å²) in [6.45, 7) is 0. The van der Waals surface area contributed by atoms with Crippen LogP contribution in [0.3, 0.4) is 0 Å². The minimum atomic E-state index is -4.47. The molecule has 0 amide bonds. The van der Waals surface area contributed by atoms with E-state index in [2.05, 4.69) is 26.0 Å². The van der Waals surface area contributed by atoms with E-state index in [4.69, 9.17) is 0 Å². The van der Waals surface area contributed by atoms with Gasteiger partial charge in [0.25, 0.3) is 0 Å². The minimum absolute atomic E-state index is 0.183. The van der Waals surface area contributed by atoms with Crippen LogP contribution < -0.4 is 0 Å². The van der Waals surface area contributed by atoms with Gasteiger partial charge in [-0.2, -0.15) is 18.3 Å². The van der Waals surface area contributed by atoms with Crippen LogP contribution in [-0.2, 0) is 6.18 Å². The van der Waals surface area contributed by atoms with Crippen LogP contribution in [0.2, 0.25) is 0 Å². The minimum Gasteiger partial charge on any atom is -0.236 e. The van der Waals surface area contributed by atoms with Gasteiger partial charge in [-0.3, -0.25) is 0 Å². The molecule has 1 aromatic carbocycles. The molecule has 2 heterocycles. The number of nitrogens with zero attached hydrogens (tertiary/aromatic N) is 3. The maximum absolute atomic E-state index is 12.9. The highest BCUT2D eigenvalue weighted by Crippen LogP contribution is 2.31. The SMILES string of the molecule is FC(F)(F)c1ccnc2c(-c3ccc(Br)cc3)cnn12. The van der Waals surface area contributed by atoms with Crippen molar-refractivity contribution in [1.29, 1.82) is 0 Å². The van der Waals surface area contributed by atoms with Crippen molar-refractivity contribution in [2.24, 2.45) is 0 Å². The molecule has 0 bridgehead atoms. The number of aromatic nitrogens is 3. The monoisotopic (exact) mass is 341 g/mol. The number of hydrogen-bond donors (Lipinski definition) is 0. The van der Waals surface area contributed by atoms with Crippen LogP contribution in [-0.4, -0.2) is 14.6 Å². The van der Waals surface area contributed by atoms with E-state index in [1.54, 1.807) is 12.1 Å². The van der Waals surface area contributed by atoms with Gasteiger partial charge in [0.1, 0.15) is 5.69 Å². The van der Waals surface area contributed by atoms with E-state index in [0.717, 1.165) is 26.8 Å². The van der Waals surface area contributed by atoms with Crippen LogP contribution in [0.5, 0.6) is 0 Å². The quantitative estimate of drug-likeness (QED) is 0.664. The van der Waals surface area contributed by atoms with Gasteiger partial charge in [0.2, 0.25) is 0 Å². The lowest BCUT2D eigenvalue weighted by atomic mass is 10.1. The lowest BCUT2D eigenvalue weighted by Crippen LogP contribution is -2.12. The smallest absolute Gasteiger partial charge is 0.236 e. The van der Waals surface area contributed by atoms with Crippen molar-refractivity contribution in [1.82, 2.24) is 14.6 Å². The molecule has 0 spiro atoms. The highest BCUT2D eigenvalue weighted by Gasteiger charge is 2.34. The highest BCUT2D eigenvalue weighted by molar-refractivity contribution is 9.10. The molecule has 0 aliphatic carbocycles. The Labute approximate surface area is 120 Å². The molecule has 3 rings (SSSR count). The van der Waals surface area contributed by atoms with E-state index in [-0.39, 0.29) is 5.65 Å². The number of benzene rings is 1. The van der Waals surface area contributed by atoms with E-state index in [0.29, 0.717) is 5.56 Å². The van der Waals surface area contributed by atoms with Crippen LogP contribution >= 0.6 is 15.9 Å². The molecular formula is C13H7BrF3N3. The van der Waals surface area contributed by atoms with Gasteiger partial charge in [-0.05, 0) is 23.8 Å². The molecular weight excluding hydrogens is 335 g/mol. The molecule has 20 heavy (non-hydrogen) atoms. The Hall–Kier alpha value is -1.89. The molecule has 0 radical (unpaired) electrons. The predicted molar refractivity (Wildman–Crippen MR) is 71.1 cm³/mol. The zero-order valence-corrected chi connectivity index (χ0v) is 11.5. The number of hydrogen-bond acceptors (Lipinski definition) is 2. The molecule has 3 nitrogen and oxygen atoms in total. The van der Waals surface area contributed by atoms with Crippen LogP contribution in [0, 0.1) is 0 Å². The van der Waals surface area contributed by atoms with Gasteiger partial charge in [-0.15, -0.1) is 0 Å². The lowest BCUT2D eigenvalue weighted by molar-refractivity contribution is -0.142. The van der Waals surface area contributed by atoms with Crippen LogP contribution in [0.4, 0.5) is 13.2 Å². The molecule has 0 saturated carbocycles. The summed E-state index contributed by atoms with van der Waals surface area (Å²) in [5.41, 5.74) is 0.659. The summed E-state index contributed by atoms with van der Waals surface area (Å²) >= 11 is 3.31. The van der Waals surface area contributed by atoms with E-state index in [1.807, 2.05) is 12.1 Å². The van der Waals surface area contributed by atoms with Gasteiger partial charge >= 0.3 is 6.18 Å². The molecule has 0 aliphatic rings. The van der Waals surface area contributed by atoms with Crippen molar-refractivity contribution < 1.29 is 13.2 Å². The molecule has 2 aromatic heterocycles. The standard InChI is InChI=1S/C13H7BrF3N3/c14-9-3-1-8(2-4-9)10-7-19-20-11(13(15,16)17)5-6-18-12(10)20/h1-7H. The molecule has 102 valence electrons. The molecule has 0 saturated heterocycles. The first-order valence-corrected chi connectivity index (χ1v) is 6.42. The van der Waals surface area contributed by atoms with Gasteiger partial charge in [-0.1, -0.05) is 28.1 Å². The van der Waals surface area contributed by atoms with Crippen LogP contribution in [0.15, 0.2) is 47.2 Å². The molecule has 0 N–H and O–H groups in total. The van der Waals surface area contributed by atoms with Gasteiger partial charge in [-0.25, -0.2) is 9.50 Å². The third-order valence-corrected chi connectivity index (χ3v) is 3.38. The molecule has 0 fully saturated rings. The topological polar surface area (TPSA) is 30.2 Å². The maximum atomic E-state index is 12.9. The van der Waals surface area contributed by atoms with Crippen molar-refractivity contribution in [2.75, 3.05) is 0 Å². The normalized spacial score (nSPS) is 12.0. The Morgan fingerprint density at radius 2 is 1.75 bits per heavy atom. The summed E-state index contributed by atoms with van der Waals surface area (Å²) in [5, 5.41) is 3.81. The fourth-order valence-electron chi connectivity index (χ4n) is 1.94. The molecule has 0 unspecified atom stereocenters. The Bertz CT molecular complexity index is 763. The predicted octanol–water partition coefficient (Wildman–Crippen LogP) is 4.18. The van der Waals surface area contributed by atoms with E-state index < -0.39 is 11.9 Å². The Morgan fingerprint density at radius 3 is 2.40 bits per heavy atom. The molecule has 0 atom stereocenters. The fraction of sp³-hybridized carbons (Fsp3) is 0.0769. The van der Waals surface area contributed by atoms with Gasteiger partial charge in [0.05, 0.1) is 6.20 Å². The number of fused-ring (bicyclic) bond motifs is 1. The first-order chi connectivity index (χ1) is 9.47. The largest absolute Gasteiger partial charge is 0.433 e. The van der Waals surface area contributed by atoms with E-state index in [9.17, 15) is 13.2 Å². The first-order valence-electron chi connectivity index (χ1n) is 5.63. The summed E-state index contributed by atoms with van der Waals surface area (Å²) in [6, 6.07) is 8.12. The lowest BCUT2D eigenvalue weighted by Gasteiger charge is -2.08.